The van der Waals surface area contributed by atoms with Gasteiger partial charge in [0.15, 0.2) is 0 Å². The van der Waals surface area contributed by atoms with E-state index in [0.717, 1.165) is 26.7 Å². The van der Waals surface area contributed by atoms with E-state index in [1.165, 1.54) is 17.5 Å². The SMILES string of the molecule is Cc1cccc(-c2ncc(C(=O)NCc3sc(C)nc3C)c(=O)[nH]2)c1. The zero-order valence-corrected chi connectivity index (χ0v) is 15.0. The fraction of sp³-hybridized carbons (Fsp3) is 0.222. The van der Waals surface area contributed by atoms with Gasteiger partial charge in [0.2, 0.25) is 0 Å². The van der Waals surface area contributed by atoms with Gasteiger partial charge in [0, 0.05) is 16.6 Å². The highest BCUT2D eigenvalue weighted by molar-refractivity contribution is 7.11. The summed E-state index contributed by atoms with van der Waals surface area (Å²) in [5.41, 5.74) is 2.30. The predicted molar refractivity (Wildman–Crippen MR) is 97.8 cm³/mol. The Kier molecular flexibility index (Phi) is 4.76. The fourth-order valence-corrected chi connectivity index (χ4v) is 3.37. The highest BCUT2D eigenvalue weighted by Crippen LogP contribution is 2.17. The second-order valence-corrected chi connectivity index (χ2v) is 7.06. The van der Waals surface area contributed by atoms with Crippen LogP contribution in [-0.4, -0.2) is 20.9 Å². The molecule has 0 aliphatic rings. The number of rotatable bonds is 4. The Labute approximate surface area is 149 Å². The summed E-state index contributed by atoms with van der Waals surface area (Å²) in [7, 11) is 0. The number of thiazole rings is 1. The Hall–Kier alpha value is -2.80. The van der Waals surface area contributed by atoms with Crippen LogP contribution in [0.15, 0.2) is 35.3 Å². The molecule has 1 amide bonds. The van der Waals surface area contributed by atoms with Gasteiger partial charge in [-0.3, -0.25) is 9.59 Å². The van der Waals surface area contributed by atoms with Crippen LogP contribution >= 0.6 is 11.3 Å². The molecule has 0 spiro atoms. The van der Waals surface area contributed by atoms with Crippen molar-refractivity contribution in [3.8, 4) is 11.4 Å². The molecule has 128 valence electrons. The van der Waals surface area contributed by atoms with Crippen molar-refractivity contribution in [1.82, 2.24) is 20.3 Å². The van der Waals surface area contributed by atoms with Gasteiger partial charge in [-0.1, -0.05) is 23.8 Å². The summed E-state index contributed by atoms with van der Waals surface area (Å²) in [6.07, 6.45) is 1.32. The summed E-state index contributed by atoms with van der Waals surface area (Å²) in [5, 5.41) is 3.70. The van der Waals surface area contributed by atoms with Crippen molar-refractivity contribution in [2.24, 2.45) is 0 Å². The third kappa shape index (κ3) is 3.83. The van der Waals surface area contributed by atoms with Gasteiger partial charge >= 0.3 is 0 Å². The standard InChI is InChI=1S/C18H18N4O2S/c1-10-5-4-6-13(7-10)16-19-8-14(18(24)22-16)17(23)20-9-15-11(2)21-12(3)25-15/h4-8H,9H2,1-3H3,(H,20,23)(H,19,22,24). The van der Waals surface area contributed by atoms with E-state index in [0.29, 0.717) is 12.4 Å². The van der Waals surface area contributed by atoms with Gasteiger partial charge in [-0.05, 0) is 26.8 Å². The van der Waals surface area contributed by atoms with Gasteiger partial charge in [-0.2, -0.15) is 0 Å². The lowest BCUT2D eigenvalue weighted by molar-refractivity contribution is 0.0949. The van der Waals surface area contributed by atoms with Crippen LogP contribution in [0.2, 0.25) is 0 Å². The van der Waals surface area contributed by atoms with Gasteiger partial charge in [0.1, 0.15) is 11.4 Å². The normalized spacial score (nSPS) is 10.7. The van der Waals surface area contributed by atoms with E-state index >= 15 is 0 Å². The van der Waals surface area contributed by atoms with Crippen LogP contribution in [0.1, 0.15) is 31.5 Å². The topological polar surface area (TPSA) is 87.7 Å². The summed E-state index contributed by atoms with van der Waals surface area (Å²) < 4.78 is 0. The van der Waals surface area contributed by atoms with Crippen molar-refractivity contribution in [3.05, 3.63) is 67.5 Å². The Morgan fingerprint density at radius 1 is 1.28 bits per heavy atom. The van der Waals surface area contributed by atoms with Crippen LogP contribution in [0.4, 0.5) is 0 Å². The summed E-state index contributed by atoms with van der Waals surface area (Å²) in [6, 6.07) is 7.64. The third-order valence-corrected chi connectivity index (χ3v) is 4.82. The zero-order chi connectivity index (χ0) is 18.0. The molecule has 3 rings (SSSR count). The Bertz CT molecular complexity index is 991. The lowest BCUT2D eigenvalue weighted by Crippen LogP contribution is -2.29. The van der Waals surface area contributed by atoms with Gasteiger partial charge in [0.05, 0.1) is 17.2 Å². The first-order chi connectivity index (χ1) is 11.9. The van der Waals surface area contributed by atoms with Crippen LogP contribution in [0, 0.1) is 20.8 Å². The molecule has 0 unspecified atom stereocenters. The molecule has 2 heterocycles. The molecule has 0 atom stereocenters. The van der Waals surface area contributed by atoms with E-state index in [9.17, 15) is 9.59 Å². The number of nitrogens with one attached hydrogen (secondary N) is 2. The molecule has 25 heavy (non-hydrogen) atoms. The van der Waals surface area contributed by atoms with Gasteiger partial charge in [-0.15, -0.1) is 11.3 Å². The van der Waals surface area contributed by atoms with E-state index in [2.05, 4.69) is 20.3 Å². The molecular formula is C18H18N4O2S. The second kappa shape index (κ2) is 6.98. The van der Waals surface area contributed by atoms with Crippen molar-refractivity contribution >= 4 is 17.2 Å². The molecule has 3 aromatic rings. The van der Waals surface area contributed by atoms with Crippen molar-refractivity contribution in [2.75, 3.05) is 0 Å². The molecular weight excluding hydrogens is 336 g/mol. The molecule has 0 aliphatic heterocycles. The minimum Gasteiger partial charge on any atom is -0.347 e. The van der Waals surface area contributed by atoms with Crippen LogP contribution in [0.5, 0.6) is 0 Å². The maximum Gasteiger partial charge on any atom is 0.264 e. The fourth-order valence-electron chi connectivity index (χ4n) is 2.49. The van der Waals surface area contributed by atoms with Crippen molar-refractivity contribution in [1.29, 1.82) is 0 Å². The van der Waals surface area contributed by atoms with E-state index in [4.69, 9.17) is 0 Å². The van der Waals surface area contributed by atoms with Crippen molar-refractivity contribution in [2.45, 2.75) is 27.3 Å². The van der Waals surface area contributed by atoms with Crippen LogP contribution < -0.4 is 10.9 Å². The monoisotopic (exact) mass is 354 g/mol. The summed E-state index contributed by atoms with van der Waals surface area (Å²) in [4.78, 5) is 36.7. The molecule has 0 bridgehead atoms. The third-order valence-electron chi connectivity index (χ3n) is 3.74. The smallest absolute Gasteiger partial charge is 0.264 e. The highest BCUT2D eigenvalue weighted by Gasteiger charge is 2.14. The maximum absolute atomic E-state index is 12.3. The van der Waals surface area contributed by atoms with Gasteiger partial charge < -0.3 is 10.3 Å². The minimum atomic E-state index is -0.457. The molecule has 2 N–H and O–H groups in total. The number of benzene rings is 1. The van der Waals surface area contributed by atoms with Gasteiger partial charge in [0.25, 0.3) is 11.5 Å². The Morgan fingerprint density at radius 3 is 2.72 bits per heavy atom. The molecule has 1 aromatic carbocycles. The Morgan fingerprint density at radius 2 is 2.08 bits per heavy atom. The maximum atomic E-state index is 12.3. The number of H-pyrrole nitrogens is 1. The molecule has 0 saturated heterocycles. The van der Waals surface area contributed by atoms with Crippen LogP contribution in [0.25, 0.3) is 11.4 Å². The van der Waals surface area contributed by atoms with Crippen LogP contribution in [0.3, 0.4) is 0 Å². The molecule has 0 radical (unpaired) electrons. The average Bonchev–Trinajstić information content (AvgIpc) is 2.90. The number of aromatic amines is 1. The van der Waals surface area contributed by atoms with Crippen molar-refractivity contribution in [3.63, 3.8) is 0 Å². The first-order valence-electron chi connectivity index (χ1n) is 7.81. The summed E-state index contributed by atoms with van der Waals surface area (Å²) in [6.45, 7) is 6.12. The van der Waals surface area contributed by atoms with E-state index < -0.39 is 11.5 Å². The number of hydrogen-bond donors (Lipinski definition) is 2. The number of carbonyl (C=O) groups is 1. The van der Waals surface area contributed by atoms with Gasteiger partial charge in [-0.25, -0.2) is 9.97 Å². The zero-order valence-electron chi connectivity index (χ0n) is 14.2. The molecule has 6 nitrogen and oxygen atoms in total. The predicted octanol–water partition coefficient (Wildman–Crippen LogP) is 2.75. The number of hydrogen-bond acceptors (Lipinski definition) is 5. The second-order valence-electron chi connectivity index (χ2n) is 5.77. The van der Waals surface area contributed by atoms with E-state index in [-0.39, 0.29) is 5.56 Å². The van der Waals surface area contributed by atoms with Crippen LogP contribution in [-0.2, 0) is 6.54 Å². The number of aryl methyl sites for hydroxylation is 3. The lowest BCUT2D eigenvalue weighted by atomic mass is 10.1. The number of nitrogens with zero attached hydrogens (tertiary/aromatic N) is 2. The summed E-state index contributed by atoms with van der Waals surface area (Å²) >= 11 is 1.53. The highest BCUT2D eigenvalue weighted by atomic mass is 32.1. The molecule has 0 fully saturated rings. The summed E-state index contributed by atoms with van der Waals surface area (Å²) in [5.74, 6) is -0.00540. The number of aromatic nitrogens is 3. The largest absolute Gasteiger partial charge is 0.347 e. The van der Waals surface area contributed by atoms with E-state index in [1.807, 2.05) is 45.0 Å². The first-order valence-corrected chi connectivity index (χ1v) is 8.63. The molecule has 0 aliphatic carbocycles. The average molecular weight is 354 g/mol. The lowest BCUT2D eigenvalue weighted by Gasteiger charge is -2.05. The number of amides is 1. The molecule has 0 saturated carbocycles. The molecule has 2 aromatic heterocycles. The van der Waals surface area contributed by atoms with Crippen molar-refractivity contribution < 1.29 is 4.79 Å². The minimum absolute atomic E-state index is 0.00436. The first kappa shape index (κ1) is 17.0. The Balaban J connectivity index is 1.77. The molecule has 7 heteroatoms. The number of carbonyl (C=O) groups excluding carboxylic acids is 1. The van der Waals surface area contributed by atoms with E-state index in [1.54, 1.807) is 0 Å². The quantitative estimate of drug-likeness (QED) is 0.754.